The third kappa shape index (κ3) is 1.14. The van der Waals surface area contributed by atoms with Crippen LogP contribution in [0.25, 0.3) is 0 Å². The Morgan fingerprint density at radius 1 is 0.800 bits per heavy atom. The second-order valence-corrected chi connectivity index (χ2v) is 7.23. The number of ether oxygens (including phenoxy) is 2. The molecule has 2 heteroatoms. The molecule has 0 saturated heterocycles. The van der Waals surface area contributed by atoms with Crippen molar-refractivity contribution in [1.29, 1.82) is 0 Å². The van der Waals surface area contributed by atoms with Gasteiger partial charge in [-0.05, 0) is 73.3 Å². The fourth-order valence-corrected chi connectivity index (χ4v) is 6.50. The van der Waals surface area contributed by atoms with Crippen molar-refractivity contribution in [1.82, 2.24) is 0 Å². The Morgan fingerprint density at radius 2 is 1.30 bits per heavy atom. The van der Waals surface area contributed by atoms with Crippen molar-refractivity contribution in [2.75, 3.05) is 14.2 Å². The van der Waals surface area contributed by atoms with E-state index in [-0.39, 0.29) is 0 Å². The van der Waals surface area contributed by atoms with Crippen LogP contribution in [0.5, 0.6) is 11.5 Å². The molecule has 0 amide bonds. The van der Waals surface area contributed by atoms with Gasteiger partial charge in [0.05, 0.1) is 14.2 Å². The highest BCUT2D eigenvalue weighted by atomic mass is 16.5. The average Bonchev–Trinajstić information content (AvgIpc) is 3.22. The molecular weight excluding hydrogens is 248 g/mol. The van der Waals surface area contributed by atoms with Crippen molar-refractivity contribution in [3.05, 3.63) is 23.3 Å². The van der Waals surface area contributed by atoms with E-state index >= 15 is 0 Å². The second kappa shape index (κ2) is 3.72. The van der Waals surface area contributed by atoms with Crippen molar-refractivity contribution >= 4 is 0 Å². The zero-order valence-electron chi connectivity index (χ0n) is 12.3. The zero-order valence-corrected chi connectivity index (χ0v) is 12.3. The smallest absolute Gasteiger partial charge is 0.122 e. The lowest BCUT2D eigenvalue weighted by atomic mass is 9.68. The maximum Gasteiger partial charge on any atom is 0.122 e. The molecule has 0 spiro atoms. The Hall–Kier alpha value is -1.18. The molecule has 0 aliphatic heterocycles. The molecule has 1 aromatic rings. The molecule has 5 rings (SSSR count). The third-order valence-corrected chi connectivity index (χ3v) is 6.87. The van der Waals surface area contributed by atoms with Crippen molar-refractivity contribution < 1.29 is 9.47 Å². The molecule has 0 heterocycles. The fourth-order valence-electron chi connectivity index (χ4n) is 6.50. The summed E-state index contributed by atoms with van der Waals surface area (Å²) in [6, 6.07) is 4.22. The molecule has 3 fully saturated rings. The molecule has 0 radical (unpaired) electrons. The molecule has 20 heavy (non-hydrogen) atoms. The lowest BCUT2D eigenvalue weighted by Crippen LogP contribution is -2.27. The SMILES string of the molecule is COc1ccc(OC)c2c1[C@H]1C[C@@H]2[C@@H]2[C@@H]3CC[C@@H](C3)[C@@H]21. The molecule has 4 aliphatic rings. The van der Waals surface area contributed by atoms with Gasteiger partial charge in [0.15, 0.2) is 0 Å². The summed E-state index contributed by atoms with van der Waals surface area (Å²) in [6.07, 6.45) is 5.82. The summed E-state index contributed by atoms with van der Waals surface area (Å²) in [5.74, 6) is 7.62. The standard InChI is InChI=1S/C18H22O2/c1-19-13-5-6-14(20-2)18-12-8-11(17(13)18)15-9-3-4-10(7-9)16(12)15/h5-6,9-12,15-16H,3-4,7-8H2,1-2H3/t9-,10+,11-,12+,15+,16-. The van der Waals surface area contributed by atoms with Gasteiger partial charge in [0.2, 0.25) is 0 Å². The molecule has 0 unspecified atom stereocenters. The van der Waals surface area contributed by atoms with Crippen LogP contribution in [0.4, 0.5) is 0 Å². The highest BCUT2D eigenvalue weighted by molar-refractivity contribution is 5.58. The summed E-state index contributed by atoms with van der Waals surface area (Å²) in [7, 11) is 3.62. The monoisotopic (exact) mass is 270 g/mol. The molecule has 3 saturated carbocycles. The van der Waals surface area contributed by atoms with Crippen LogP contribution in [-0.4, -0.2) is 14.2 Å². The Kier molecular flexibility index (Phi) is 2.13. The highest BCUT2D eigenvalue weighted by Gasteiger charge is 2.62. The van der Waals surface area contributed by atoms with E-state index in [2.05, 4.69) is 12.1 Å². The van der Waals surface area contributed by atoms with Gasteiger partial charge in [-0.15, -0.1) is 0 Å². The first-order valence-corrected chi connectivity index (χ1v) is 8.08. The van der Waals surface area contributed by atoms with Crippen LogP contribution < -0.4 is 9.47 Å². The van der Waals surface area contributed by atoms with E-state index in [9.17, 15) is 0 Å². The molecule has 1 aromatic carbocycles. The number of fused-ring (bicyclic) bond motifs is 12. The lowest BCUT2D eigenvalue weighted by Gasteiger charge is -2.37. The van der Waals surface area contributed by atoms with Crippen LogP contribution in [0, 0.1) is 23.7 Å². The van der Waals surface area contributed by atoms with Crippen LogP contribution in [0.1, 0.15) is 48.6 Å². The number of methoxy groups -OCH3 is 2. The summed E-state index contributed by atoms with van der Waals surface area (Å²) < 4.78 is 11.4. The summed E-state index contributed by atoms with van der Waals surface area (Å²) >= 11 is 0. The van der Waals surface area contributed by atoms with Gasteiger partial charge in [0.1, 0.15) is 11.5 Å². The Labute approximate surface area is 120 Å². The van der Waals surface area contributed by atoms with Gasteiger partial charge in [-0.2, -0.15) is 0 Å². The predicted octanol–water partition coefficient (Wildman–Crippen LogP) is 3.95. The van der Waals surface area contributed by atoms with Crippen molar-refractivity contribution in [2.45, 2.75) is 37.5 Å². The van der Waals surface area contributed by atoms with Gasteiger partial charge >= 0.3 is 0 Å². The van der Waals surface area contributed by atoms with E-state index in [0.29, 0.717) is 0 Å². The van der Waals surface area contributed by atoms with E-state index < -0.39 is 0 Å². The maximum absolute atomic E-state index is 5.68. The number of benzene rings is 1. The summed E-state index contributed by atoms with van der Waals surface area (Å²) in [4.78, 5) is 0. The Balaban J connectivity index is 1.71. The molecule has 106 valence electrons. The van der Waals surface area contributed by atoms with Crippen LogP contribution in [0.2, 0.25) is 0 Å². The van der Waals surface area contributed by atoms with E-state index in [4.69, 9.17) is 9.47 Å². The van der Waals surface area contributed by atoms with Crippen molar-refractivity contribution in [2.24, 2.45) is 23.7 Å². The third-order valence-electron chi connectivity index (χ3n) is 6.87. The lowest BCUT2D eigenvalue weighted by molar-refractivity contribution is 0.213. The van der Waals surface area contributed by atoms with Gasteiger partial charge in [-0.3, -0.25) is 0 Å². The van der Waals surface area contributed by atoms with Crippen LogP contribution in [-0.2, 0) is 0 Å². The molecular formula is C18H22O2. The number of hydrogen-bond acceptors (Lipinski definition) is 2. The maximum atomic E-state index is 5.68. The minimum atomic E-state index is 0.750. The molecule has 0 N–H and O–H groups in total. The zero-order chi connectivity index (χ0) is 13.4. The molecule has 6 atom stereocenters. The van der Waals surface area contributed by atoms with Gasteiger partial charge in [0.25, 0.3) is 0 Å². The average molecular weight is 270 g/mol. The Morgan fingerprint density at radius 3 is 1.75 bits per heavy atom. The Bertz CT molecular complexity index is 530. The van der Waals surface area contributed by atoms with Gasteiger partial charge in [-0.25, -0.2) is 0 Å². The molecule has 0 aromatic heterocycles. The second-order valence-electron chi connectivity index (χ2n) is 7.23. The van der Waals surface area contributed by atoms with E-state index in [1.807, 2.05) is 14.2 Å². The first-order chi connectivity index (χ1) is 9.83. The van der Waals surface area contributed by atoms with Gasteiger partial charge in [-0.1, -0.05) is 0 Å². The predicted molar refractivity (Wildman–Crippen MR) is 77.5 cm³/mol. The van der Waals surface area contributed by atoms with Crippen molar-refractivity contribution in [3.63, 3.8) is 0 Å². The van der Waals surface area contributed by atoms with Gasteiger partial charge in [0, 0.05) is 11.1 Å². The van der Waals surface area contributed by atoms with Crippen LogP contribution in [0.15, 0.2) is 12.1 Å². The first kappa shape index (κ1) is 11.5. The minimum absolute atomic E-state index is 0.750. The van der Waals surface area contributed by atoms with E-state index in [1.54, 1.807) is 0 Å². The van der Waals surface area contributed by atoms with E-state index in [0.717, 1.165) is 47.0 Å². The molecule has 4 aliphatic carbocycles. The summed E-state index contributed by atoms with van der Waals surface area (Å²) in [5, 5.41) is 0. The van der Waals surface area contributed by atoms with Gasteiger partial charge < -0.3 is 9.47 Å². The summed E-state index contributed by atoms with van der Waals surface area (Å²) in [6.45, 7) is 0. The topological polar surface area (TPSA) is 18.5 Å². The van der Waals surface area contributed by atoms with Crippen molar-refractivity contribution in [3.8, 4) is 11.5 Å². The first-order valence-electron chi connectivity index (χ1n) is 8.08. The normalized spacial score (nSPS) is 42.7. The fraction of sp³-hybridized carbons (Fsp3) is 0.667. The van der Waals surface area contributed by atoms with Crippen LogP contribution >= 0.6 is 0 Å². The number of hydrogen-bond donors (Lipinski definition) is 0. The summed E-state index contributed by atoms with van der Waals surface area (Å²) in [5.41, 5.74) is 3.01. The molecule has 4 bridgehead atoms. The quantitative estimate of drug-likeness (QED) is 0.758. The minimum Gasteiger partial charge on any atom is -0.496 e. The van der Waals surface area contributed by atoms with Crippen LogP contribution in [0.3, 0.4) is 0 Å². The highest BCUT2D eigenvalue weighted by Crippen LogP contribution is 2.73. The number of rotatable bonds is 2. The molecule has 2 nitrogen and oxygen atoms in total. The van der Waals surface area contributed by atoms with E-state index in [1.165, 1.54) is 36.8 Å². The largest absolute Gasteiger partial charge is 0.496 e.